The van der Waals surface area contributed by atoms with Gasteiger partial charge in [-0.25, -0.2) is 12.8 Å². The Labute approximate surface area is 174 Å². The molecule has 5 nitrogen and oxygen atoms in total. The SMILES string of the molecule is O=C(c1ccc(Br)c(F)c1)N1CCN(S(=O)(=O)c2cc(Cl)ccc2Cl)CC1. The minimum absolute atomic E-state index is 0.0635. The number of benzene rings is 2. The highest BCUT2D eigenvalue weighted by molar-refractivity contribution is 9.10. The summed E-state index contributed by atoms with van der Waals surface area (Å²) >= 11 is 15.0. The minimum atomic E-state index is -3.83. The highest BCUT2D eigenvalue weighted by Gasteiger charge is 2.32. The number of sulfonamides is 1. The normalized spacial score (nSPS) is 15.8. The third kappa shape index (κ3) is 4.30. The second-order valence-corrected chi connectivity index (χ2v) is 9.50. The van der Waals surface area contributed by atoms with E-state index in [4.69, 9.17) is 23.2 Å². The van der Waals surface area contributed by atoms with Crippen molar-refractivity contribution in [3.8, 4) is 0 Å². The highest BCUT2D eigenvalue weighted by Crippen LogP contribution is 2.28. The molecule has 1 aliphatic rings. The zero-order chi connectivity index (χ0) is 19.8. The van der Waals surface area contributed by atoms with Gasteiger partial charge in [0.15, 0.2) is 0 Å². The van der Waals surface area contributed by atoms with E-state index in [9.17, 15) is 17.6 Å². The van der Waals surface area contributed by atoms with Gasteiger partial charge in [0.1, 0.15) is 10.7 Å². The summed E-state index contributed by atoms with van der Waals surface area (Å²) in [5.74, 6) is -0.878. The number of rotatable bonds is 3. The molecule has 27 heavy (non-hydrogen) atoms. The number of hydrogen-bond acceptors (Lipinski definition) is 3. The second-order valence-electron chi connectivity index (χ2n) is 5.90. The second kappa shape index (κ2) is 8.05. The van der Waals surface area contributed by atoms with Crippen LogP contribution in [0.4, 0.5) is 4.39 Å². The maximum atomic E-state index is 13.7. The number of hydrogen-bond donors (Lipinski definition) is 0. The summed E-state index contributed by atoms with van der Waals surface area (Å²) in [6.07, 6.45) is 0. The van der Waals surface area contributed by atoms with Gasteiger partial charge < -0.3 is 4.90 Å². The Hall–Kier alpha value is -1.19. The molecule has 0 aliphatic carbocycles. The van der Waals surface area contributed by atoms with Crippen molar-refractivity contribution in [2.75, 3.05) is 26.2 Å². The average Bonchev–Trinajstić information content (AvgIpc) is 2.65. The molecule has 1 fully saturated rings. The monoisotopic (exact) mass is 494 g/mol. The van der Waals surface area contributed by atoms with E-state index in [0.29, 0.717) is 0 Å². The Morgan fingerprint density at radius 3 is 2.33 bits per heavy atom. The predicted molar refractivity (Wildman–Crippen MR) is 105 cm³/mol. The minimum Gasteiger partial charge on any atom is -0.336 e. The third-order valence-corrected chi connectivity index (χ3v) is 7.46. The van der Waals surface area contributed by atoms with Crippen LogP contribution in [0.5, 0.6) is 0 Å². The van der Waals surface area contributed by atoms with Crippen LogP contribution < -0.4 is 0 Å². The smallest absolute Gasteiger partial charge is 0.254 e. The van der Waals surface area contributed by atoms with Crippen molar-refractivity contribution < 1.29 is 17.6 Å². The van der Waals surface area contributed by atoms with Crippen LogP contribution in [0.1, 0.15) is 10.4 Å². The van der Waals surface area contributed by atoms with Crippen molar-refractivity contribution in [3.63, 3.8) is 0 Å². The van der Waals surface area contributed by atoms with E-state index < -0.39 is 15.8 Å². The first-order valence-electron chi connectivity index (χ1n) is 7.89. The highest BCUT2D eigenvalue weighted by atomic mass is 79.9. The van der Waals surface area contributed by atoms with Crippen molar-refractivity contribution in [1.82, 2.24) is 9.21 Å². The molecular weight excluding hydrogens is 482 g/mol. The summed E-state index contributed by atoms with van der Waals surface area (Å²) in [6, 6.07) is 8.38. The lowest BCUT2D eigenvalue weighted by Gasteiger charge is -2.34. The molecule has 2 aromatic carbocycles. The van der Waals surface area contributed by atoms with Crippen molar-refractivity contribution in [2.45, 2.75) is 4.90 Å². The largest absolute Gasteiger partial charge is 0.336 e. The van der Waals surface area contributed by atoms with Gasteiger partial charge in [0.25, 0.3) is 5.91 Å². The van der Waals surface area contributed by atoms with E-state index in [0.717, 1.165) is 6.07 Å². The molecule has 0 unspecified atom stereocenters. The van der Waals surface area contributed by atoms with Crippen molar-refractivity contribution in [3.05, 3.63) is 62.3 Å². The first kappa shape index (κ1) is 20.5. The van der Waals surface area contributed by atoms with E-state index in [1.54, 1.807) is 0 Å². The standard InChI is InChI=1S/C17H14BrCl2FN2O3S/c18-13-3-1-11(9-15(13)21)17(24)22-5-7-23(8-6-22)27(25,26)16-10-12(19)2-4-14(16)20/h1-4,9-10H,5-8H2. The van der Waals surface area contributed by atoms with Gasteiger partial charge in [0.05, 0.1) is 9.50 Å². The molecule has 0 atom stereocenters. The molecule has 0 aromatic heterocycles. The summed E-state index contributed by atoms with van der Waals surface area (Å²) in [6.45, 7) is 0.591. The molecule has 2 aromatic rings. The molecule has 10 heteroatoms. The Balaban J connectivity index is 1.73. The van der Waals surface area contributed by atoms with Gasteiger partial charge in [-0.3, -0.25) is 4.79 Å². The van der Waals surface area contributed by atoms with Gasteiger partial charge in [0, 0.05) is 36.8 Å². The number of nitrogens with zero attached hydrogens (tertiary/aromatic N) is 2. The van der Waals surface area contributed by atoms with Gasteiger partial charge in [0.2, 0.25) is 10.0 Å². The molecule has 1 aliphatic heterocycles. The summed E-state index contributed by atoms with van der Waals surface area (Å²) in [5.41, 5.74) is 0.213. The Morgan fingerprint density at radius 1 is 1.04 bits per heavy atom. The molecule has 1 heterocycles. The van der Waals surface area contributed by atoms with Crippen LogP contribution in [0.15, 0.2) is 45.8 Å². The molecule has 0 saturated carbocycles. The molecular formula is C17H14BrCl2FN2O3S. The van der Waals surface area contributed by atoms with E-state index in [2.05, 4.69) is 15.9 Å². The lowest BCUT2D eigenvalue weighted by molar-refractivity contribution is 0.0697. The molecule has 1 saturated heterocycles. The van der Waals surface area contributed by atoms with Gasteiger partial charge in [-0.05, 0) is 52.3 Å². The predicted octanol–water partition coefficient (Wildman–Crippen LogP) is 4.04. The summed E-state index contributed by atoms with van der Waals surface area (Å²) in [7, 11) is -3.83. The fourth-order valence-electron chi connectivity index (χ4n) is 2.76. The number of amides is 1. The zero-order valence-corrected chi connectivity index (χ0v) is 17.7. The fourth-order valence-corrected chi connectivity index (χ4v) is 5.16. The number of carbonyl (C=O) groups excluding carboxylic acids is 1. The Bertz CT molecular complexity index is 996. The maximum Gasteiger partial charge on any atom is 0.254 e. The maximum absolute atomic E-state index is 13.7. The van der Waals surface area contributed by atoms with Crippen LogP contribution in [0, 0.1) is 5.82 Å². The summed E-state index contributed by atoms with van der Waals surface area (Å²) < 4.78 is 40.8. The number of piperazine rings is 1. The van der Waals surface area contributed by atoms with Crippen LogP contribution >= 0.6 is 39.1 Å². The first-order valence-corrected chi connectivity index (χ1v) is 10.9. The lowest BCUT2D eigenvalue weighted by atomic mass is 10.2. The number of halogens is 4. The Kier molecular flexibility index (Phi) is 6.12. The topological polar surface area (TPSA) is 57.7 Å². The van der Waals surface area contributed by atoms with Crippen LogP contribution in [-0.2, 0) is 10.0 Å². The fraction of sp³-hybridized carbons (Fsp3) is 0.235. The van der Waals surface area contributed by atoms with Gasteiger partial charge in [-0.15, -0.1) is 0 Å². The first-order chi connectivity index (χ1) is 12.7. The molecule has 0 radical (unpaired) electrons. The average molecular weight is 496 g/mol. The van der Waals surface area contributed by atoms with E-state index >= 15 is 0 Å². The van der Waals surface area contributed by atoms with Gasteiger partial charge in [-0.1, -0.05) is 23.2 Å². The molecule has 0 bridgehead atoms. The quantitative estimate of drug-likeness (QED) is 0.645. The molecule has 1 amide bonds. The number of carbonyl (C=O) groups is 1. The van der Waals surface area contributed by atoms with E-state index in [1.165, 1.54) is 39.5 Å². The van der Waals surface area contributed by atoms with Crippen LogP contribution in [0.3, 0.4) is 0 Å². The van der Waals surface area contributed by atoms with Crippen molar-refractivity contribution in [2.24, 2.45) is 0 Å². The van der Waals surface area contributed by atoms with Crippen LogP contribution in [0.25, 0.3) is 0 Å². The molecule has 144 valence electrons. The molecule has 0 N–H and O–H groups in total. The van der Waals surface area contributed by atoms with Crippen molar-refractivity contribution in [1.29, 1.82) is 0 Å². The van der Waals surface area contributed by atoms with Crippen molar-refractivity contribution >= 4 is 55.1 Å². The summed E-state index contributed by atoms with van der Waals surface area (Å²) in [5, 5.41) is 0.354. The van der Waals surface area contributed by atoms with Crippen LogP contribution in [-0.4, -0.2) is 49.7 Å². The van der Waals surface area contributed by atoms with Gasteiger partial charge >= 0.3 is 0 Å². The van der Waals surface area contributed by atoms with Crippen LogP contribution in [0.2, 0.25) is 10.0 Å². The van der Waals surface area contributed by atoms with E-state index in [1.807, 2.05) is 0 Å². The lowest BCUT2D eigenvalue weighted by Crippen LogP contribution is -2.50. The zero-order valence-electron chi connectivity index (χ0n) is 13.8. The molecule has 0 spiro atoms. The third-order valence-electron chi connectivity index (χ3n) is 4.20. The van der Waals surface area contributed by atoms with Gasteiger partial charge in [-0.2, -0.15) is 4.31 Å². The molecule has 3 rings (SSSR count). The Morgan fingerprint density at radius 2 is 1.70 bits per heavy atom. The summed E-state index contributed by atoms with van der Waals surface area (Å²) in [4.78, 5) is 14.0. The van der Waals surface area contributed by atoms with E-state index in [-0.39, 0.29) is 57.1 Å².